The highest BCUT2D eigenvalue weighted by Crippen LogP contribution is 2.28. The summed E-state index contributed by atoms with van der Waals surface area (Å²) < 4.78 is 0. The molecule has 0 saturated heterocycles. The Hall–Kier alpha value is -2.43. The number of pyridine rings is 1. The number of nitrogens with zero attached hydrogens (tertiary/aromatic N) is 1. The number of para-hydroxylation sites is 1. The molecular formula is C18H21N3O2. The maximum absolute atomic E-state index is 12.6. The Morgan fingerprint density at radius 2 is 1.96 bits per heavy atom. The van der Waals surface area contributed by atoms with E-state index in [0.717, 1.165) is 36.6 Å². The largest absolute Gasteiger partial charge is 0.344 e. The number of nitrogens with one attached hydrogen (secondary N) is 2. The van der Waals surface area contributed by atoms with Gasteiger partial charge in [-0.05, 0) is 30.9 Å². The molecule has 1 atom stereocenters. The van der Waals surface area contributed by atoms with Gasteiger partial charge in [0.05, 0.1) is 17.4 Å². The molecule has 1 aromatic heterocycles. The Bertz CT molecular complexity index is 723. The zero-order chi connectivity index (χ0) is 16.2. The number of fused-ring (bicyclic) bond motifs is 1. The van der Waals surface area contributed by atoms with Crippen LogP contribution in [0.1, 0.15) is 32.6 Å². The van der Waals surface area contributed by atoms with E-state index in [1.165, 1.54) is 6.92 Å². The fraction of sp³-hybridized carbons (Fsp3) is 0.389. The summed E-state index contributed by atoms with van der Waals surface area (Å²) in [7, 11) is 0. The molecule has 0 aliphatic heterocycles. The number of carbonyl (C=O) groups excluding carboxylic acids is 2. The van der Waals surface area contributed by atoms with E-state index in [1.807, 2.05) is 30.3 Å². The van der Waals surface area contributed by atoms with Gasteiger partial charge in [-0.2, -0.15) is 0 Å². The molecule has 2 amide bonds. The van der Waals surface area contributed by atoms with Crippen LogP contribution in [0.4, 0.5) is 5.69 Å². The van der Waals surface area contributed by atoms with Crippen LogP contribution in [0.5, 0.6) is 0 Å². The maximum atomic E-state index is 12.6. The molecule has 1 aromatic carbocycles. The predicted octanol–water partition coefficient (Wildman–Crippen LogP) is 2.87. The van der Waals surface area contributed by atoms with Crippen LogP contribution >= 0.6 is 0 Å². The second kappa shape index (κ2) is 6.77. The van der Waals surface area contributed by atoms with Crippen molar-refractivity contribution in [1.82, 2.24) is 10.3 Å². The van der Waals surface area contributed by atoms with Crippen molar-refractivity contribution in [2.24, 2.45) is 5.92 Å². The van der Waals surface area contributed by atoms with Crippen LogP contribution in [0.2, 0.25) is 0 Å². The number of carbonyl (C=O) groups is 2. The molecule has 120 valence electrons. The average molecular weight is 311 g/mol. The molecule has 2 aromatic rings. The van der Waals surface area contributed by atoms with Crippen molar-refractivity contribution in [2.75, 3.05) is 5.32 Å². The molecule has 1 aliphatic carbocycles. The number of hydrogen-bond acceptors (Lipinski definition) is 3. The number of amides is 2. The van der Waals surface area contributed by atoms with Crippen LogP contribution in [0, 0.1) is 5.92 Å². The Morgan fingerprint density at radius 1 is 1.22 bits per heavy atom. The highest BCUT2D eigenvalue weighted by Gasteiger charge is 2.31. The number of aromatic nitrogens is 1. The summed E-state index contributed by atoms with van der Waals surface area (Å²) in [5, 5.41) is 6.68. The lowest BCUT2D eigenvalue weighted by atomic mass is 9.97. The molecule has 0 spiro atoms. The lowest BCUT2D eigenvalue weighted by Gasteiger charge is -2.23. The van der Waals surface area contributed by atoms with Crippen molar-refractivity contribution in [2.45, 2.75) is 38.6 Å². The minimum atomic E-state index is -0.471. The molecule has 1 fully saturated rings. The third-order valence-electron chi connectivity index (χ3n) is 4.37. The van der Waals surface area contributed by atoms with Gasteiger partial charge < -0.3 is 10.6 Å². The highest BCUT2D eigenvalue weighted by atomic mass is 16.2. The first-order chi connectivity index (χ1) is 11.1. The molecule has 5 nitrogen and oxygen atoms in total. The predicted molar refractivity (Wildman–Crippen MR) is 89.9 cm³/mol. The van der Waals surface area contributed by atoms with E-state index in [9.17, 15) is 9.59 Å². The summed E-state index contributed by atoms with van der Waals surface area (Å²) in [4.78, 5) is 28.4. The minimum Gasteiger partial charge on any atom is -0.344 e. The van der Waals surface area contributed by atoms with Gasteiger partial charge in [0.2, 0.25) is 11.8 Å². The zero-order valence-electron chi connectivity index (χ0n) is 13.2. The molecule has 3 rings (SSSR count). The zero-order valence-corrected chi connectivity index (χ0v) is 13.2. The molecule has 5 heteroatoms. The molecule has 1 unspecified atom stereocenters. The number of rotatable bonds is 4. The van der Waals surface area contributed by atoms with Crippen molar-refractivity contribution in [1.29, 1.82) is 0 Å². The van der Waals surface area contributed by atoms with E-state index >= 15 is 0 Å². The quantitative estimate of drug-likeness (QED) is 0.912. The highest BCUT2D eigenvalue weighted by molar-refractivity contribution is 5.98. The summed E-state index contributed by atoms with van der Waals surface area (Å²) in [6.45, 7) is 1.45. The lowest BCUT2D eigenvalue weighted by molar-refractivity contribution is -0.126. The third kappa shape index (κ3) is 3.67. The topological polar surface area (TPSA) is 71.1 Å². The van der Waals surface area contributed by atoms with E-state index in [4.69, 9.17) is 0 Å². The average Bonchev–Trinajstić information content (AvgIpc) is 3.06. The second-order valence-electron chi connectivity index (χ2n) is 6.13. The molecule has 0 radical (unpaired) electrons. The van der Waals surface area contributed by atoms with Crippen LogP contribution in [0.3, 0.4) is 0 Å². The fourth-order valence-electron chi connectivity index (χ4n) is 3.27. The van der Waals surface area contributed by atoms with Gasteiger partial charge in [0, 0.05) is 12.3 Å². The Labute approximate surface area is 135 Å². The van der Waals surface area contributed by atoms with Crippen LogP contribution in [-0.2, 0) is 9.59 Å². The van der Waals surface area contributed by atoms with Gasteiger partial charge in [0.1, 0.15) is 6.04 Å². The van der Waals surface area contributed by atoms with E-state index in [1.54, 1.807) is 6.20 Å². The minimum absolute atomic E-state index is 0.163. The monoisotopic (exact) mass is 311 g/mol. The van der Waals surface area contributed by atoms with E-state index < -0.39 is 6.04 Å². The molecular weight excluding hydrogens is 290 g/mol. The second-order valence-corrected chi connectivity index (χ2v) is 6.13. The van der Waals surface area contributed by atoms with Crippen molar-refractivity contribution < 1.29 is 9.59 Å². The fourth-order valence-corrected chi connectivity index (χ4v) is 3.27. The number of anilines is 1. The summed E-state index contributed by atoms with van der Waals surface area (Å²) >= 11 is 0. The Kier molecular flexibility index (Phi) is 4.55. The molecule has 1 heterocycles. The first-order valence-electron chi connectivity index (χ1n) is 8.06. The van der Waals surface area contributed by atoms with Gasteiger partial charge in [-0.25, -0.2) is 0 Å². The molecule has 1 aliphatic rings. The summed E-state index contributed by atoms with van der Waals surface area (Å²) in [5.74, 6) is -0.120. The number of benzene rings is 1. The van der Waals surface area contributed by atoms with Gasteiger partial charge in [0.25, 0.3) is 0 Å². The normalized spacial score (nSPS) is 16.2. The standard InChI is InChI=1S/C18H21N3O2/c1-12(22)20-17(13-6-2-3-7-13)18(23)21-15-10-14-8-4-5-9-16(14)19-11-15/h4-5,8-11,13,17H,2-3,6-7H2,1H3,(H,20,22)(H,21,23). The van der Waals surface area contributed by atoms with Crippen LogP contribution in [0.15, 0.2) is 36.5 Å². The molecule has 1 saturated carbocycles. The van der Waals surface area contributed by atoms with Gasteiger partial charge in [-0.15, -0.1) is 0 Å². The van der Waals surface area contributed by atoms with Gasteiger partial charge in [0.15, 0.2) is 0 Å². The summed E-state index contributed by atoms with van der Waals surface area (Å²) in [6.07, 6.45) is 5.85. The summed E-state index contributed by atoms with van der Waals surface area (Å²) in [6, 6.07) is 9.19. The van der Waals surface area contributed by atoms with Gasteiger partial charge in [-0.1, -0.05) is 31.0 Å². The van der Waals surface area contributed by atoms with Crippen molar-refractivity contribution in [3.8, 4) is 0 Å². The molecule has 0 bridgehead atoms. The van der Waals surface area contributed by atoms with E-state index in [2.05, 4.69) is 15.6 Å². The Balaban J connectivity index is 1.77. The number of hydrogen-bond donors (Lipinski definition) is 2. The first kappa shape index (κ1) is 15.5. The summed E-state index contributed by atoms with van der Waals surface area (Å²) in [5.41, 5.74) is 1.54. The smallest absolute Gasteiger partial charge is 0.247 e. The van der Waals surface area contributed by atoms with Crippen molar-refractivity contribution in [3.63, 3.8) is 0 Å². The maximum Gasteiger partial charge on any atom is 0.247 e. The van der Waals surface area contributed by atoms with Crippen molar-refractivity contribution in [3.05, 3.63) is 36.5 Å². The van der Waals surface area contributed by atoms with Crippen molar-refractivity contribution >= 4 is 28.4 Å². The third-order valence-corrected chi connectivity index (χ3v) is 4.37. The van der Waals surface area contributed by atoms with Crippen LogP contribution < -0.4 is 10.6 Å². The van der Waals surface area contributed by atoms with Crippen LogP contribution in [-0.4, -0.2) is 22.8 Å². The molecule has 2 N–H and O–H groups in total. The Morgan fingerprint density at radius 3 is 2.70 bits per heavy atom. The van der Waals surface area contributed by atoms with Gasteiger partial charge >= 0.3 is 0 Å². The SMILES string of the molecule is CC(=O)NC(C(=O)Nc1cnc2ccccc2c1)C1CCCC1. The van der Waals surface area contributed by atoms with Gasteiger partial charge in [-0.3, -0.25) is 14.6 Å². The first-order valence-corrected chi connectivity index (χ1v) is 8.06. The lowest BCUT2D eigenvalue weighted by Crippen LogP contribution is -2.47. The van der Waals surface area contributed by atoms with Crippen LogP contribution in [0.25, 0.3) is 10.9 Å². The van der Waals surface area contributed by atoms with E-state index in [0.29, 0.717) is 5.69 Å². The molecule has 23 heavy (non-hydrogen) atoms. The van der Waals surface area contributed by atoms with E-state index in [-0.39, 0.29) is 17.7 Å².